The summed E-state index contributed by atoms with van der Waals surface area (Å²) in [6.45, 7) is 5.27. The molecule has 0 saturated heterocycles. The maximum Gasteiger partial charge on any atom is 0.0797 e. The Balaban J connectivity index is 1.91. The van der Waals surface area contributed by atoms with Gasteiger partial charge in [0.25, 0.3) is 0 Å². The third kappa shape index (κ3) is 5.55. The van der Waals surface area contributed by atoms with Gasteiger partial charge in [-0.25, -0.2) is 4.98 Å². The van der Waals surface area contributed by atoms with Crippen LogP contribution in [-0.2, 0) is 11.2 Å². The average molecular weight is 244 g/mol. The lowest BCUT2D eigenvalue weighted by molar-refractivity contribution is 0.0908. The number of ether oxygens (including phenoxy) is 1. The highest BCUT2D eigenvalue weighted by Crippen LogP contribution is 2.11. The van der Waals surface area contributed by atoms with Gasteiger partial charge in [-0.3, -0.25) is 0 Å². The monoisotopic (exact) mass is 244 g/mol. The number of aryl methyl sites for hydroxylation is 1. The highest BCUT2D eigenvalue weighted by Gasteiger charge is 1.99. The van der Waals surface area contributed by atoms with Crippen LogP contribution in [0, 0.1) is 6.92 Å². The van der Waals surface area contributed by atoms with E-state index in [9.17, 15) is 0 Å². The Morgan fingerprint density at radius 1 is 1.44 bits per heavy atom. The molecule has 2 N–H and O–H groups in total. The average Bonchev–Trinajstić information content (AvgIpc) is 2.68. The molecule has 0 aromatic carbocycles. The zero-order valence-corrected chi connectivity index (χ0v) is 10.6. The Bertz CT molecular complexity index is 279. The molecule has 0 atom stereocenters. The molecule has 0 aliphatic rings. The van der Waals surface area contributed by atoms with Gasteiger partial charge in [0, 0.05) is 18.0 Å². The van der Waals surface area contributed by atoms with E-state index in [1.54, 1.807) is 11.3 Å². The second-order valence-electron chi connectivity index (χ2n) is 3.55. The van der Waals surface area contributed by atoms with Crippen LogP contribution in [0.2, 0.25) is 0 Å². The van der Waals surface area contributed by atoms with Crippen LogP contribution in [0.15, 0.2) is 5.51 Å². The second-order valence-corrected chi connectivity index (χ2v) is 4.49. The molecule has 1 aromatic rings. The maximum absolute atomic E-state index is 8.49. The summed E-state index contributed by atoms with van der Waals surface area (Å²) in [5.41, 5.74) is 3.05. The number of rotatable bonds is 9. The molecule has 0 unspecified atom stereocenters. The van der Waals surface area contributed by atoms with Crippen LogP contribution < -0.4 is 5.32 Å². The molecular weight excluding hydrogens is 224 g/mol. The van der Waals surface area contributed by atoms with E-state index in [4.69, 9.17) is 9.84 Å². The van der Waals surface area contributed by atoms with Crippen LogP contribution in [0.25, 0.3) is 0 Å². The fourth-order valence-electron chi connectivity index (χ4n) is 1.36. The number of nitrogens with one attached hydrogen (secondary N) is 1. The van der Waals surface area contributed by atoms with Crippen LogP contribution in [0.3, 0.4) is 0 Å². The number of aliphatic hydroxyl groups excluding tert-OH is 1. The molecule has 0 saturated carbocycles. The molecule has 4 nitrogen and oxygen atoms in total. The van der Waals surface area contributed by atoms with E-state index in [-0.39, 0.29) is 6.61 Å². The first-order chi connectivity index (χ1) is 7.84. The third-order valence-corrected chi connectivity index (χ3v) is 3.25. The van der Waals surface area contributed by atoms with Gasteiger partial charge in [0.1, 0.15) is 0 Å². The molecule has 1 heterocycles. The minimum atomic E-state index is 0.109. The molecule has 5 heteroatoms. The Kier molecular flexibility index (Phi) is 7.33. The molecule has 16 heavy (non-hydrogen) atoms. The van der Waals surface area contributed by atoms with E-state index < -0.39 is 0 Å². The van der Waals surface area contributed by atoms with Gasteiger partial charge in [-0.2, -0.15) is 0 Å². The quantitative estimate of drug-likeness (QED) is 0.636. The van der Waals surface area contributed by atoms with E-state index >= 15 is 0 Å². The lowest BCUT2D eigenvalue weighted by atomic mass is 10.3. The first-order valence-electron chi connectivity index (χ1n) is 5.63. The number of hydrogen-bond acceptors (Lipinski definition) is 5. The van der Waals surface area contributed by atoms with E-state index in [0.29, 0.717) is 13.2 Å². The van der Waals surface area contributed by atoms with Crippen molar-refractivity contribution in [3.63, 3.8) is 0 Å². The highest BCUT2D eigenvalue weighted by atomic mass is 32.1. The largest absolute Gasteiger partial charge is 0.394 e. The summed E-state index contributed by atoms with van der Waals surface area (Å²) in [5.74, 6) is 0. The lowest BCUT2D eigenvalue weighted by Gasteiger charge is -2.04. The van der Waals surface area contributed by atoms with Crippen molar-refractivity contribution in [3.05, 3.63) is 16.1 Å². The van der Waals surface area contributed by atoms with Gasteiger partial charge in [0.2, 0.25) is 0 Å². The molecule has 0 radical (unpaired) electrons. The summed E-state index contributed by atoms with van der Waals surface area (Å²) in [7, 11) is 0. The SMILES string of the molecule is Cc1ncsc1CCNCCCOCCO. The van der Waals surface area contributed by atoms with Crippen LogP contribution in [0.5, 0.6) is 0 Å². The minimum absolute atomic E-state index is 0.109. The number of hydrogen-bond donors (Lipinski definition) is 2. The summed E-state index contributed by atoms with van der Waals surface area (Å²) >= 11 is 1.72. The lowest BCUT2D eigenvalue weighted by Crippen LogP contribution is -2.20. The zero-order valence-electron chi connectivity index (χ0n) is 9.74. The Morgan fingerprint density at radius 2 is 2.31 bits per heavy atom. The van der Waals surface area contributed by atoms with E-state index in [0.717, 1.165) is 31.6 Å². The second kappa shape index (κ2) is 8.64. The normalized spacial score (nSPS) is 10.9. The standard InChI is InChI=1S/C11H20N2O2S/c1-10-11(16-9-13-10)3-5-12-4-2-7-15-8-6-14/h9,12,14H,2-8H2,1H3. The van der Waals surface area contributed by atoms with Crippen molar-refractivity contribution in [2.75, 3.05) is 32.9 Å². The number of aromatic nitrogens is 1. The van der Waals surface area contributed by atoms with Gasteiger partial charge in [-0.1, -0.05) is 0 Å². The maximum atomic E-state index is 8.49. The molecule has 0 spiro atoms. The van der Waals surface area contributed by atoms with Crippen molar-refractivity contribution < 1.29 is 9.84 Å². The topological polar surface area (TPSA) is 54.4 Å². The van der Waals surface area contributed by atoms with Crippen LogP contribution in [0.1, 0.15) is 17.0 Å². The van der Waals surface area contributed by atoms with Gasteiger partial charge in [0.05, 0.1) is 24.4 Å². The van der Waals surface area contributed by atoms with E-state index in [1.807, 2.05) is 5.51 Å². The van der Waals surface area contributed by atoms with Gasteiger partial charge in [-0.05, 0) is 26.3 Å². The number of nitrogens with zero attached hydrogens (tertiary/aromatic N) is 1. The minimum Gasteiger partial charge on any atom is -0.394 e. The molecule has 92 valence electrons. The highest BCUT2D eigenvalue weighted by molar-refractivity contribution is 7.09. The molecular formula is C11H20N2O2S. The number of aliphatic hydroxyl groups is 1. The zero-order chi connectivity index (χ0) is 11.6. The molecule has 1 aromatic heterocycles. The summed E-state index contributed by atoms with van der Waals surface area (Å²) in [6, 6.07) is 0. The third-order valence-electron chi connectivity index (χ3n) is 2.25. The van der Waals surface area contributed by atoms with Crippen molar-refractivity contribution >= 4 is 11.3 Å². The summed E-state index contributed by atoms with van der Waals surface area (Å²) in [6.07, 6.45) is 2.04. The van der Waals surface area contributed by atoms with E-state index in [1.165, 1.54) is 4.88 Å². The summed E-state index contributed by atoms with van der Waals surface area (Å²) < 4.78 is 5.16. The predicted octanol–water partition coefficient (Wildman–Crippen LogP) is 0.983. The first-order valence-corrected chi connectivity index (χ1v) is 6.51. The Labute approximate surface area is 101 Å². The van der Waals surface area contributed by atoms with Crippen molar-refractivity contribution in [1.29, 1.82) is 0 Å². The van der Waals surface area contributed by atoms with Gasteiger partial charge >= 0.3 is 0 Å². The Hall–Kier alpha value is -0.490. The molecule has 0 fully saturated rings. The first kappa shape index (κ1) is 13.6. The molecule has 0 amide bonds. The van der Waals surface area contributed by atoms with Gasteiger partial charge < -0.3 is 15.2 Å². The van der Waals surface area contributed by atoms with Gasteiger partial charge in [-0.15, -0.1) is 11.3 Å². The summed E-state index contributed by atoms with van der Waals surface area (Å²) in [4.78, 5) is 5.58. The molecule has 0 aliphatic heterocycles. The van der Waals surface area contributed by atoms with Crippen molar-refractivity contribution in [2.24, 2.45) is 0 Å². The van der Waals surface area contributed by atoms with Crippen molar-refractivity contribution in [2.45, 2.75) is 19.8 Å². The van der Waals surface area contributed by atoms with Crippen LogP contribution in [-0.4, -0.2) is 43.0 Å². The fraction of sp³-hybridized carbons (Fsp3) is 0.727. The smallest absolute Gasteiger partial charge is 0.0797 e. The van der Waals surface area contributed by atoms with Gasteiger partial charge in [0.15, 0.2) is 0 Å². The number of thiazole rings is 1. The van der Waals surface area contributed by atoms with Crippen molar-refractivity contribution in [1.82, 2.24) is 10.3 Å². The summed E-state index contributed by atoms with van der Waals surface area (Å²) in [5, 5.41) is 11.9. The van der Waals surface area contributed by atoms with Crippen molar-refractivity contribution in [3.8, 4) is 0 Å². The van der Waals surface area contributed by atoms with E-state index in [2.05, 4.69) is 17.2 Å². The molecule has 0 aliphatic carbocycles. The van der Waals surface area contributed by atoms with Crippen LogP contribution >= 0.6 is 11.3 Å². The molecule has 1 rings (SSSR count). The Morgan fingerprint density at radius 3 is 3.00 bits per heavy atom. The molecule has 0 bridgehead atoms. The van der Waals surface area contributed by atoms with Crippen LogP contribution in [0.4, 0.5) is 0 Å². The fourth-order valence-corrected chi connectivity index (χ4v) is 2.14. The predicted molar refractivity (Wildman–Crippen MR) is 65.9 cm³/mol.